The van der Waals surface area contributed by atoms with Gasteiger partial charge < -0.3 is 4.74 Å². The number of rotatable bonds is 6. The van der Waals surface area contributed by atoms with E-state index >= 15 is 0 Å². The summed E-state index contributed by atoms with van der Waals surface area (Å²) in [6.45, 7) is 3.33. The number of hydrogen-bond acceptors (Lipinski definition) is 4. The Balaban J connectivity index is 2.42. The van der Waals surface area contributed by atoms with Crippen molar-refractivity contribution in [1.29, 1.82) is 0 Å². The van der Waals surface area contributed by atoms with Gasteiger partial charge in [-0.15, -0.1) is 0 Å². The van der Waals surface area contributed by atoms with E-state index < -0.39 is 0 Å². The Morgan fingerprint density at radius 3 is 2.94 bits per heavy atom. The first-order valence-electron chi connectivity index (χ1n) is 5.31. The third kappa shape index (κ3) is 3.96. The third-order valence-electron chi connectivity index (χ3n) is 2.11. The molecule has 0 aliphatic rings. The molecule has 0 saturated carbocycles. The number of ether oxygens (including phenoxy) is 1. The summed E-state index contributed by atoms with van der Waals surface area (Å²) in [6.07, 6.45) is 3.65. The van der Waals surface area contributed by atoms with Crippen LogP contribution in [0.15, 0.2) is 18.3 Å². The van der Waals surface area contributed by atoms with Crippen molar-refractivity contribution < 1.29 is 9.53 Å². The van der Waals surface area contributed by atoms with E-state index in [9.17, 15) is 4.79 Å². The number of amides is 1. The number of carbonyl (C=O) groups excluding carboxylic acids is 1. The number of nitrogen functional groups attached to an aromatic ring is 1. The van der Waals surface area contributed by atoms with Gasteiger partial charge in [0.25, 0.3) is 5.91 Å². The highest BCUT2D eigenvalue weighted by Crippen LogP contribution is 2.02. The average molecular weight is 223 g/mol. The topological polar surface area (TPSA) is 77.2 Å². The monoisotopic (exact) mass is 223 g/mol. The van der Waals surface area contributed by atoms with Gasteiger partial charge in [0, 0.05) is 12.8 Å². The van der Waals surface area contributed by atoms with Crippen molar-refractivity contribution in [2.75, 3.05) is 6.61 Å². The van der Waals surface area contributed by atoms with Crippen molar-refractivity contribution in [3.63, 3.8) is 0 Å². The van der Waals surface area contributed by atoms with Gasteiger partial charge >= 0.3 is 0 Å². The lowest BCUT2D eigenvalue weighted by Gasteiger charge is -2.03. The van der Waals surface area contributed by atoms with Crippen molar-refractivity contribution in [1.82, 2.24) is 10.4 Å². The summed E-state index contributed by atoms with van der Waals surface area (Å²) in [6, 6.07) is 3.43. The fourth-order valence-corrected chi connectivity index (χ4v) is 1.15. The molecule has 1 aromatic heterocycles. The predicted octanol–water partition coefficient (Wildman–Crippen LogP) is 1.00. The van der Waals surface area contributed by atoms with Crippen LogP contribution in [0.1, 0.15) is 35.8 Å². The van der Waals surface area contributed by atoms with Crippen LogP contribution < -0.4 is 11.3 Å². The van der Waals surface area contributed by atoms with E-state index in [2.05, 4.69) is 17.3 Å². The highest BCUT2D eigenvalue weighted by Gasteiger charge is 2.03. The molecule has 3 N–H and O–H groups in total. The zero-order chi connectivity index (χ0) is 11.8. The SMILES string of the molecule is CCCCOCc1ccc(C(=O)NN)cn1. The Kier molecular flexibility index (Phi) is 5.45. The molecule has 0 saturated heterocycles. The quantitative estimate of drug-likeness (QED) is 0.326. The number of carbonyl (C=O) groups is 1. The number of unbranched alkanes of at least 4 members (excludes halogenated alkanes) is 1. The first-order chi connectivity index (χ1) is 7.77. The van der Waals surface area contributed by atoms with Crippen LogP contribution in [0.2, 0.25) is 0 Å². The second kappa shape index (κ2) is 6.92. The van der Waals surface area contributed by atoms with E-state index in [0.29, 0.717) is 12.2 Å². The van der Waals surface area contributed by atoms with Gasteiger partial charge in [-0.3, -0.25) is 15.2 Å². The molecule has 0 radical (unpaired) electrons. The smallest absolute Gasteiger partial charge is 0.266 e. The molecule has 5 heteroatoms. The van der Waals surface area contributed by atoms with Crippen LogP contribution in [0.3, 0.4) is 0 Å². The van der Waals surface area contributed by atoms with E-state index in [0.717, 1.165) is 25.1 Å². The van der Waals surface area contributed by atoms with Crippen LogP contribution in [0.4, 0.5) is 0 Å². The van der Waals surface area contributed by atoms with Gasteiger partial charge in [0.15, 0.2) is 0 Å². The standard InChI is InChI=1S/C11H17N3O2/c1-2-3-6-16-8-10-5-4-9(7-13-10)11(15)14-12/h4-5,7H,2-3,6,8,12H2,1H3,(H,14,15). The van der Waals surface area contributed by atoms with Crippen molar-refractivity contribution in [2.24, 2.45) is 5.84 Å². The summed E-state index contributed by atoms with van der Waals surface area (Å²) in [5.74, 6) is 4.66. The Hall–Kier alpha value is -1.46. The summed E-state index contributed by atoms with van der Waals surface area (Å²) < 4.78 is 5.40. The largest absolute Gasteiger partial charge is 0.375 e. The molecule has 1 amide bonds. The molecule has 88 valence electrons. The summed E-state index contributed by atoms with van der Waals surface area (Å²) >= 11 is 0. The predicted molar refractivity (Wildman–Crippen MR) is 60.5 cm³/mol. The van der Waals surface area contributed by atoms with Gasteiger partial charge in [0.1, 0.15) is 0 Å². The van der Waals surface area contributed by atoms with Gasteiger partial charge in [0.05, 0.1) is 17.9 Å². The number of nitrogens with zero attached hydrogens (tertiary/aromatic N) is 1. The molecular weight excluding hydrogens is 206 g/mol. The van der Waals surface area contributed by atoms with E-state index in [1.54, 1.807) is 12.1 Å². The van der Waals surface area contributed by atoms with Gasteiger partial charge in [-0.05, 0) is 18.6 Å². The molecule has 0 atom stereocenters. The van der Waals surface area contributed by atoms with Gasteiger partial charge in [-0.2, -0.15) is 0 Å². The maximum absolute atomic E-state index is 11.1. The minimum atomic E-state index is -0.342. The Morgan fingerprint density at radius 1 is 1.56 bits per heavy atom. The van der Waals surface area contributed by atoms with Gasteiger partial charge in [-0.25, -0.2) is 5.84 Å². The van der Waals surface area contributed by atoms with Crippen LogP contribution in [-0.2, 0) is 11.3 Å². The van der Waals surface area contributed by atoms with E-state index in [4.69, 9.17) is 10.6 Å². The summed E-state index contributed by atoms with van der Waals surface area (Å²) in [5, 5.41) is 0. The lowest BCUT2D eigenvalue weighted by molar-refractivity contribution is 0.0952. The summed E-state index contributed by atoms with van der Waals surface area (Å²) in [7, 11) is 0. The van der Waals surface area contributed by atoms with Gasteiger partial charge in [0.2, 0.25) is 0 Å². The van der Waals surface area contributed by atoms with Gasteiger partial charge in [-0.1, -0.05) is 13.3 Å². The molecular formula is C11H17N3O2. The zero-order valence-electron chi connectivity index (χ0n) is 9.40. The van der Waals surface area contributed by atoms with Crippen molar-refractivity contribution in [3.8, 4) is 0 Å². The summed E-state index contributed by atoms with van der Waals surface area (Å²) in [5.41, 5.74) is 3.30. The fraction of sp³-hybridized carbons (Fsp3) is 0.455. The second-order valence-electron chi connectivity index (χ2n) is 3.42. The molecule has 1 rings (SSSR count). The normalized spacial score (nSPS) is 10.1. The average Bonchev–Trinajstić information content (AvgIpc) is 2.34. The Labute approximate surface area is 95.0 Å². The number of nitrogens with two attached hydrogens (primary N) is 1. The number of pyridine rings is 1. The number of aromatic nitrogens is 1. The van der Waals surface area contributed by atoms with E-state index in [1.807, 2.05) is 0 Å². The molecule has 0 unspecified atom stereocenters. The first-order valence-corrected chi connectivity index (χ1v) is 5.31. The molecule has 0 spiro atoms. The molecule has 0 aliphatic heterocycles. The first kappa shape index (κ1) is 12.6. The lowest BCUT2D eigenvalue weighted by Crippen LogP contribution is -2.30. The fourth-order valence-electron chi connectivity index (χ4n) is 1.15. The molecule has 1 heterocycles. The molecule has 16 heavy (non-hydrogen) atoms. The Morgan fingerprint density at radius 2 is 2.38 bits per heavy atom. The zero-order valence-corrected chi connectivity index (χ0v) is 9.40. The number of nitrogens with one attached hydrogen (secondary N) is 1. The van der Waals surface area contributed by atoms with Crippen LogP contribution in [0.5, 0.6) is 0 Å². The van der Waals surface area contributed by atoms with E-state index in [1.165, 1.54) is 6.20 Å². The minimum Gasteiger partial charge on any atom is -0.375 e. The summed E-state index contributed by atoms with van der Waals surface area (Å²) in [4.78, 5) is 15.2. The highest BCUT2D eigenvalue weighted by atomic mass is 16.5. The molecule has 0 aromatic carbocycles. The highest BCUT2D eigenvalue weighted by molar-refractivity contribution is 5.93. The maximum Gasteiger partial charge on any atom is 0.266 e. The third-order valence-corrected chi connectivity index (χ3v) is 2.11. The minimum absolute atomic E-state index is 0.342. The van der Waals surface area contributed by atoms with Crippen molar-refractivity contribution >= 4 is 5.91 Å². The maximum atomic E-state index is 11.1. The van der Waals surface area contributed by atoms with E-state index in [-0.39, 0.29) is 5.91 Å². The number of hydrogen-bond donors (Lipinski definition) is 2. The number of hydrazine groups is 1. The van der Waals surface area contributed by atoms with Crippen LogP contribution >= 0.6 is 0 Å². The molecule has 0 aliphatic carbocycles. The molecule has 0 fully saturated rings. The second-order valence-corrected chi connectivity index (χ2v) is 3.42. The van der Waals surface area contributed by atoms with Crippen molar-refractivity contribution in [3.05, 3.63) is 29.6 Å². The lowest BCUT2D eigenvalue weighted by atomic mass is 10.2. The Bertz CT molecular complexity index is 325. The van der Waals surface area contributed by atoms with Crippen molar-refractivity contribution in [2.45, 2.75) is 26.4 Å². The van der Waals surface area contributed by atoms with Crippen LogP contribution in [0, 0.1) is 0 Å². The molecule has 0 bridgehead atoms. The molecule has 5 nitrogen and oxygen atoms in total. The van der Waals surface area contributed by atoms with Crippen LogP contribution in [0.25, 0.3) is 0 Å². The van der Waals surface area contributed by atoms with Crippen LogP contribution in [-0.4, -0.2) is 17.5 Å². The molecule has 1 aromatic rings.